The second-order valence-electron chi connectivity index (χ2n) is 7.27. The van der Waals surface area contributed by atoms with Gasteiger partial charge in [-0.1, -0.05) is 18.2 Å². The number of imide groups is 1. The van der Waals surface area contributed by atoms with E-state index in [-0.39, 0.29) is 47.6 Å². The van der Waals surface area contributed by atoms with E-state index in [9.17, 15) is 14.0 Å². The maximum Gasteiger partial charge on any atom is 0.261 e. The first-order valence-electron chi connectivity index (χ1n) is 10.2. The Kier molecular flexibility index (Phi) is 9.42. The van der Waals surface area contributed by atoms with Gasteiger partial charge in [0.05, 0.1) is 24.3 Å². The molecule has 2 aromatic rings. The van der Waals surface area contributed by atoms with E-state index in [1.807, 2.05) is 6.92 Å². The number of carbonyl (C=O) groups is 2. The van der Waals surface area contributed by atoms with Crippen molar-refractivity contribution in [2.45, 2.75) is 25.8 Å². The third-order valence-corrected chi connectivity index (χ3v) is 5.23. The highest BCUT2D eigenvalue weighted by atomic mass is 127. The minimum atomic E-state index is -0.412. The number of amides is 2. The molecular formula is C23H28FIN4O3. The highest BCUT2D eigenvalue weighted by Gasteiger charge is 2.34. The van der Waals surface area contributed by atoms with Gasteiger partial charge in [-0.25, -0.2) is 4.39 Å². The van der Waals surface area contributed by atoms with Gasteiger partial charge in [0.25, 0.3) is 11.8 Å². The van der Waals surface area contributed by atoms with E-state index in [0.29, 0.717) is 36.6 Å². The Labute approximate surface area is 204 Å². The quantitative estimate of drug-likeness (QED) is 0.171. The molecule has 7 nitrogen and oxygen atoms in total. The molecule has 0 saturated carbocycles. The van der Waals surface area contributed by atoms with Crippen LogP contribution in [0.5, 0.6) is 5.75 Å². The van der Waals surface area contributed by atoms with Gasteiger partial charge in [-0.05, 0) is 49.6 Å². The van der Waals surface area contributed by atoms with Crippen LogP contribution in [0.2, 0.25) is 0 Å². The van der Waals surface area contributed by atoms with Gasteiger partial charge in [-0.3, -0.25) is 19.5 Å². The summed E-state index contributed by atoms with van der Waals surface area (Å²) in [5.74, 6) is -0.0797. The van der Waals surface area contributed by atoms with E-state index in [1.54, 1.807) is 43.4 Å². The van der Waals surface area contributed by atoms with Gasteiger partial charge in [0, 0.05) is 20.1 Å². The van der Waals surface area contributed by atoms with Crippen molar-refractivity contribution in [3.63, 3.8) is 0 Å². The Bertz CT molecular complexity index is 964. The summed E-state index contributed by atoms with van der Waals surface area (Å²) in [4.78, 5) is 30.2. The predicted molar refractivity (Wildman–Crippen MR) is 132 cm³/mol. The summed E-state index contributed by atoms with van der Waals surface area (Å²) in [7, 11) is 3.09. The lowest BCUT2D eigenvalue weighted by atomic mass is 10.1. The lowest BCUT2D eigenvalue weighted by Gasteiger charge is -2.19. The van der Waals surface area contributed by atoms with E-state index in [4.69, 9.17) is 4.74 Å². The molecule has 0 saturated heterocycles. The summed E-state index contributed by atoms with van der Waals surface area (Å²) in [6, 6.07) is 11.6. The number of ether oxygens (including phenoxy) is 1. The topological polar surface area (TPSA) is 83.0 Å². The highest BCUT2D eigenvalue weighted by Crippen LogP contribution is 2.23. The Morgan fingerprint density at radius 3 is 2.34 bits per heavy atom. The molecule has 32 heavy (non-hydrogen) atoms. The van der Waals surface area contributed by atoms with Crippen LogP contribution in [0, 0.1) is 5.82 Å². The van der Waals surface area contributed by atoms with Gasteiger partial charge in [-0.15, -0.1) is 24.0 Å². The van der Waals surface area contributed by atoms with Crippen LogP contribution in [0.3, 0.4) is 0 Å². The molecule has 1 aliphatic rings. The Balaban J connectivity index is 0.00000363. The second kappa shape index (κ2) is 11.8. The number of hydrogen-bond donors (Lipinski definition) is 2. The molecule has 2 aromatic carbocycles. The molecule has 0 aliphatic carbocycles. The number of nitrogens with one attached hydrogen (secondary N) is 2. The Morgan fingerprint density at radius 2 is 1.78 bits per heavy atom. The smallest absolute Gasteiger partial charge is 0.261 e. The summed E-state index contributed by atoms with van der Waals surface area (Å²) in [5.41, 5.74) is 1.71. The summed E-state index contributed by atoms with van der Waals surface area (Å²) in [5, 5.41) is 6.42. The number of unbranched alkanes of at least 4 members (excludes halogenated alkanes) is 1. The summed E-state index contributed by atoms with van der Waals surface area (Å²) in [6.45, 7) is 2.91. The third-order valence-electron chi connectivity index (χ3n) is 5.23. The lowest BCUT2D eigenvalue weighted by Crippen LogP contribution is -2.39. The van der Waals surface area contributed by atoms with Gasteiger partial charge in [0.1, 0.15) is 0 Å². The fourth-order valence-corrected chi connectivity index (χ4v) is 3.48. The first-order valence-corrected chi connectivity index (χ1v) is 10.2. The van der Waals surface area contributed by atoms with E-state index in [1.165, 1.54) is 18.1 Å². The zero-order valence-electron chi connectivity index (χ0n) is 18.4. The van der Waals surface area contributed by atoms with E-state index in [2.05, 4.69) is 15.6 Å². The van der Waals surface area contributed by atoms with Gasteiger partial charge >= 0.3 is 0 Å². The van der Waals surface area contributed by atoms with Gasteiger partial charge in [-0.2, -0.15) is 0 Å². The number of aliphatic imine (C=N–C) groups is 1. The summed E-state index contributed by atoms with van der Waals surface area (Å²) in [6.07, 6.45) is 1.42. The van der Waals surface area contributed by atoms with Crippen molar-refractivity contribution in [3.05, 3.63) is 65.0 Å². The molecule has 0 radical (unpaired) electrons. The molecule has 172 valence electrons. The Morgan fingerprint density at radius 1 is 1.12 bits per heavy atom. The predicted octanol–water partition coefficient (Wildman–Crippen LogP) is 3.75. The van der Waals surface area contributed by atoms with Crippen LogP contribution in [0.4, 0.5) is 4.39 Å². The van der Waals surface area contributed by atoms with Crippen molar-refractivity contribution >= 4 is 41.8 Å². The summed E-state index contributed by atoms with van der Waals surface area (Å²) >= 11 is 0. The van der Waals surface area contributed by atoms with E-state index < -0.39 is 5.82 Å². The van der Waals surface area contributed by atoms with E-state index >= 15 is 0 Å². The normalized spacial score (nSPS) is 14.0. The molecule has 9 heteroatoms. The molecule has 1 aliphatic heterocycles. The van der Waals surface area contributed by atoms with Crippen LogP contribution in [-0.4, -0.2) is 49.9 Å². The van der Waals surface area contributed by atoms with Crippen molar-refractivity contribution < 1.29 is 18.7 Å². The van der Waals surface area contributed by atoms with Crippen LogP contribution in [0.1, 0.15) is 52.1 Å². The van der Waals surface area contributed by atoms with Gasteiger partial charge < -0.3 is 15.4 Å². The first kappa shape index (κ1) is 25.6. The summed E-state index contributed by atoms with van der Waals surface area (Å²) < 4.78 is 18.9. The number of carbonyl (C=O) groups excluding carboxylic acids is 2. The minimum absolute atomic E-state index is 0. The minimum Gasteiger partial charge on any atom is -0.494 e. The van der Waals surface area contributed by atoms with Crippen molar-refractivity contribution in [2.24, 2.45) is 4.99 Å². The molecule has 1 heterocycles. The number of nitrogens with zero attached hydrogens (tertiary/aromatic N) is 2. The van der Waals surface area contributed by atoms with Gasteiger partial charge in [0.2, 0.25) is 0 Å². The lowest BCUT2D eigenvalue weighted by molar-refractivity contribution is 0.0652. The standard InChI is InChI=1S/C23H27FN4O3.HI/c1-15(16-10-11-20(31-3)19(24)14-16)27-23(25-2)26-12-6-7-13-28-21(29)17-8-4-5-9-18(17)22(28)30;/h4-5,8-11,14-15H,6-7,12-13H2,1-3H3,(H2,25,26,27);1H. The number of rotatable bonds is 8. The van der Waals surface area contributed by atoms with Crippen molar-refractivity contribution in [1.82, 2.24) is 15.5 Å². The molecule has 0 spiro atoms. The van der Waals surface area contributed by atoms with Crippen molar-refractivity contribution in [1.29, 1.82) is 0 Å². The molecule has 0 fully saturated rings. The van der Waals surface area contributed by atoms with Crippen LogP contribution in [0.25, 0.3) is 0 Å². The highest BCUT2D eigenvalue weighted by molar-refractivity contribution is 14.0. The zero-order chi connectivity index (χ0) is 22.4. The van der Waals surface area contributed by atoms with Crippen LogP contribution in [0.15, 0.2) is 47.5 Å². The third kappa shape index (κ3) is 5.76. The number of hydrogen-bond acceptors (Lipinski definition) is 4. The monoisotopic (exact) mass is 554 g/mol. The SMILES string of the molecule is CN=C(NCCCCN1C(=O)c2ccccc2C1=O)NC(C)c1ccc(OC)c(F)c1.I. The molecule has 3 rings (SSSR count). The maximum absolute atomic E-state index is 13.9. The van der Waals surface area contributed by atoms with Crippen molar-refractivity contribution in [3.8, 4) is 5.75 Å². The first-order chi connectivity index (χ1) is 15.0. The molecule has 0 aromatic heterocycles. The molecule has 1 unspecified atom stereocenters. The average molecular weight is 554 g/mol. The van der Waals surface area contributed by atoms with Crippen LogP contribution < -0.4 is 15.4 Å². The molecular weight excluding hydrogens is 526 g/mol. The van der Waals surface area contributed by atoms with Crippen LogP contribution in [-0.2, 0) is 0 Å². The zero-order valence-corrected chi connectivity index (χ0v) is 20.7. The molecule has 2 amide bonds. The number of halogens is 2. The molecule has 1 atom stereocenters. The molecule has 2 N–H and O–H groups in total. The van der Waals surface area contributed by atoms with Crippen molar-refractivity contribution in [2.75, 3.05) is 27.2 Å². The fraction of sp³-hybridized carbons (Fsp3) is 0.348. The number of benzene rings is 2. The average Bonchev–Trinajstić information content (AvgIpc) is 3.02. The molecule has 0 bridgehead atoms. The maximum atomic E-state index is 13.9. The Hall–Kier alpha value is -2.69. The van der Waals surface area contributed by atoms with E-state index in [0.717, 1.165) is 12.0 Å². The number of guanidine groups is 1. The largest absolute Gasteiger partial charge is 0.494 e. The number of methoxy groups -OCH3 is 1. The fourth-order valence-electron chi connectivity index (χ4n) is 3.48. The van der Waals surface area contributed by atoms with Crippen LogP contribution >= 0.6 is 24.0 Å². The number of fused-ring (bicyclic) bond motifs is 1. The van der Waals surface area contributed by atoms with Gasteiger partial charge in [0.15, 0.2) is 17.5 Å². The second-order valence-corrected chi connectivity index (χ2v) is 7.27.